The smallest absolute Gasteiger partial charge is 0.251 e. The van der Waals surface area contributed by atoms with Gasteiger partial charge in [-0.15, -0.1) is 0 Å². The normalized spacial score (nSPS) is 27.3. The molecule has 2 fully saturated rings. The molecule has 3 aliphatic rings. The molecule has 0 bridgehead atoms. The zero-order chi connectivity index (χ0) is 19.0. The van der Waals surface area contributed by atoms with E-state index in [2.05, 4.69) is 20.9 Å². The number of ether oxygens (including phenoxy) is 1. The van der Waals surface area contributed by atoms with Crippen LogP contribution in [-0.2, 0) is 14.3 Å². The molecule has 2 amide bonds. The van der Waals surface area contributed by atoms with E-state index in [1.54, 1.807) is 6.92 Å². The number of hydrogen-bond donors (Lipinski definition) is 3. The summed E-state index contributed by atoms with van der Waals surface area (Å²) in [4.78, 5) is 27.2. The highest BCUT2D eigenvalue weighted by Crippen LogP contribution is 2.31. The van der Waals surface area contributed by atoms with Crippen LogP contribution < -0.4 is 20.9 Å². The summed E-state index contributed by atoms with van der Waals surface area (Å²) in [6.07, 6.45) is 0.553. The summed E-state index contributed by atoms with van der Waals surface area (Å²) in [6.45, 7) is 4.49. The van der Waals surface area contributed by atoms with Crippen molar-refractivity contribution in [2.24, 2.45) is 11.8 Å². The number of rotatable bonds is 4. The molecule has 3 atom stereocenters. The van der Waals surface area contributed by atoms with E-state index < -0.39 is 12.1 Å². The van der Waals surface area contributed by atoms with Gasteiger partial charge in [0.2, 0.25) is 5.91 Å². The summed E-state index contributed by atoms with van der Waals surface area (Å²) in [5, 5.41) is 9.51. The first-order chi connectivity index (χ1) is 13.0. The minimum absolute atomic E-state index is 0.171. The number of allylic oxidation sites excluding steroid dienone is 1. The van der Waals surface area contributed by atoms with Crippen molar-refractivity contribution in [3.8, 4) is 0 Å². The summed E-state index contributed by atoms with van der Waals surface area (Å²) in [5.74, 6) is -0.101. The van der Waals surface area contributed by atoms with Crippen LogP contribution in [0.25, 0.3) is 0 Å². The molecule has 3 N–H and O–H groups in total. The number of halogens is 1. The molecule has 7 nitrogen and oxygen atoms in total. The third-order valence-electron chi connectivity index (χ3n) is 5.42. The Morgan fingerprint density at radius 1 is 1.37 bits per heavy atom. The second kappa shape index (κ2) is 7.40. The quantitative estimate of drug-likeness (QED) is 0.719. The largest absolute Gasteiger partial charge is 0.478 e. The summed E-state index contributed by atoms with van der Waals surface area (Å²) >= 11 is 5.95. The SMILES string of the molecule is CC1=C(C(=O)NCC2CCN(c3ccc(Cl)cc3)C2)C2C(=O)NCNC2O1. The molecule has 4 rings (SSSR count). The van der Waals surface area contributed by atoms with Crippen molar-refractivity contribution in [1.29, 1.82) is 0 Å². The minimum atomic E-state index is -0.590. The molecule has 144 valence electrons. The Bertz CT molecular complexity index is 780. The van der Waals surface area contributed by atoms with E-state index in [-0.39, 0.29) is 11.8 Å². The second-order valence-electron chi connectivity index (χ2n) is 7.20. The molecule has 8 heteroatoms. The van der Waals surface area contributed by atoms with Crippen molar-refractivity contribution in [3.05, 3.63) is 40.6 Å². The fourth-order valence-corrected chi connectivity index (χ4v) is 4.11. The van der Waals surface area contributed by atoms with E-state index in [1.165, 1.54) is 0 Å². The molecule has 3 heterocycles. The van der Waals surface area contributed by atoms with Crippen molar-refractivity contribution in [1.82, 2.24) is 16.0 Å². The molecule has 27 heavy (non-hydrogen) atoms. The van der Waals surface area contributed by atoms with Crippen molar-refractivity contribution in [3.63, 3.8) is 0 Å². The van der Waals surface area contributed by atoms with Crippen LogP contribution in [-0.4, -0.2) is 44.3 Å². The van der Waals surface area contributed by atoms with E-state index >= 15 is 0 Å². The van der Waals surface area contributed by atoms with Crippen LogP contribution in [0.4, 0.5) is 5.69 Å². The van der Waals surface area contributed by atoms with E-state index in [4.69, 9.17) is 16.3 Å². The second-order valence-corrected chi connectivity index (χ2v) is 7.63. The van der Waals surface area contributed by atoms with Gasteiger partial charge in [0.25, 0.3) is 5.91 Å². The number of amides is 2. The fourth-order valence-electron chi connectivity index (χ4n) is 3.99. The summed E-state index contributed by atoms with van der Waals surface area (Å²) in [5.41, 5.74) is 1.57. The van der Waals surface area contributed by atoms with E-state index in [1.807, 2.05) is 24.3 Å². The zero-order valence-corrected chi connectivity index (χ0v) is 15.9. The van der Waals surface area contributed by atoms with E-state index in [9.17, 15) is 9.59 Å². The average molecular weight is 391 g/mol. The Morgan fingerprint density at radius 2 is 2.15 bits per heavy atom. The molecule has 3 unspecified atom stereocenters. The molecule has 0 aliphatic carbocycles. The van der Waals surface area contributed by atoms with Crippen molar-refractivity contribution < 1.29 is 14.3 Å². The first-order valence-corrected chi connectivity index (χ1v) is 9.58. The van der Waals surface area contributed by atoms with Crippen molar-refractivity contribution in [2.45, 2.75) is 19.6 Å². The van der Waals surface area contributed by atoms with Gasteiger partial charge in [-0.25, -0.2) is 0 Å². The highest BCUT2D eigenvalue weighted by atomic mass is 35.5. The van der Waals surface area contributed by atoms with Crippen LogP contribution >= 0.6 is 11.6 Å². The lowest BCUT2D eigenvalue weighted by molar-refractivity contribution is -0.131. The maximum Gasteiger partial charge on any atom is 0.251 e. The lowest BCUT2D eigenvalue weighted by Gasteiger charge is -2.26. The van der Waals surface area contributed by atoms with Crippen LogP contribution in [0.2, 0.25) is 5.02 Å². The Morgan fingerprint density at radius 3 is 2.93 bits per heavy atom. The number of nitrogens with zero attached hydrogens (tertiary/aromatic N) is 1. The van der Waals surface area contributed by atoms with Crippen LogP contribution in [0.3, 0.4) is 0 Å². The molecule has 0 radical (unpaired) electrons. The van der Waals surface area contributed by atoms with Crippen LogP contribution in [0.1, 0.15) is 13.3 Å². The molecule has 1 aromatic carbocycles. The third kappa shape index (κ3) is 3.61. The predicted octanol–water partition coefficient (Wildman–Crippen LogP) is 1.21. The zero-order valence-electron chi connectivity index (χ0n) is 15.1. The number of hydrogen-bond acceptors (Lipinski definition) is 5. The summed E-state index contributed by atoms with van der Waals surface area (Å²) < 4.78 is 5.65. The molecule has 0 saturated carbocycles. The van der Waals surface area contributed by atoms with Gasteiger partial charge in [-0.05, 0) is 43.5 Å². The third-order valence-corrected chi connectivity index (χ3v) is 5.67. The molecule has 3 aliphatic heterocycles. The lowest BCUT2D eigenvalue weighted by atomic mass is 9.95. The predicted molar refractivity (Wildman–Crippen MR) is 102 cm³/mol. The highest BCUT2D eigenvalue weighted by molar-refractivity contribution is 6.30. The number of carbonyl (C=O) groups excluding carboxylic acids is 2. The van der Waals surface area contributed by atoms with Gasteiger partial charge in [-0.1, -0.05) is 11.6 Å². The highest BCUT2D eigenvalue weighted by Gasteiger charge is 2.45. The summed E-state index contributed by atoms with van der Waals surface area (Å²) in [7, 11) is 0. The molecule has 2 saturated heterocycles. The maximum atomic E-state index is 12.7. The standard InChI is InChI=1S/C19H23ClN4O3/c1-11-15(16-18(26)22-10-23-19(16)27-11)17(25)21-8-12-6-7-24(9-12)14-4-2-13(20)3-5-14/h2-5,12,16,19,23H,6-10H2,1H3,(H,21,25)(H,22,26). The lowest BCUT2D eigenvalue weighted by Crippen LogP contribution is -2.55. The summed E-state index contributed by atoms with van der Waals surface area (Å²) in [6, 6.07) is 7.81. The fraction of sp³-hybridized carbons (Fsp3) is 0.474. The van der Waals surface area contributed by atoms with Crippen LogP contribution in [0.5, 0.6) is 0 Å². The Hall–Kier alpha value is -2.25. The first-order valence-electron chi connectivity index (χ1n) is 9.20. The Kier molecular flexibility index (Phi) is 4.97. The van der Waals surface area contributed by atoms with Gasteiger partial charge >= 0.3 is 0 Å². The Labute approximate surface area is 163 Å². The van der Waals surface area contributed by atoms with E-state index in [0.717, 1.165) is 30.2 Å². The average Bonchev–Trinajstić information content (AvgIpc) is 3.25. The van der Waals surface area contributed by atoms with Gasteiger partial charge < -0.3 is 20.3 Å². The van der Waals surface area contributed by atoms with Gasteiger partial charge in [0.15, 0.2) is 6.23 Å². The molecular weight excluding hydrogens is 368 g/mol. The van der Waals surface area contributed by atoms with Gasteiger partial charge in [0.05, 0.1) is 12.2 Å². The molecule has 0 aromatic heterocycles. The number of fused-ring (bicyclic) bond motifs is 1. The van der Waals surface area contributed by atoms with Crippen molar-refractivity contribution in [2.75, 3.05) is 31.2 Å². The maximum absolute atomic E-state index is 12.7. The van der Waals surface area contributed by atoms with Crippen LogP contribution in [0.15, 0.2) is 35.6 Å². The van der Waals surface area contributed by atoms with E-state index in [0.29, 0.717) is 30.5 Å². The van der Waals surface area contributed by atoms with Gasteiger partial charge in [0.1, 0.15) is 11.7 Å². The van der Waals surface area contributed by atoms with Gasteiger partial charge in [-0.3, -0.25) is 14.9 Å². The minimum Gasteiger partial charge on any atom is -0.478 e. The first kappa shape index (κ1) is 18.1. The number of nitrogens with one attached hydrogen (secondary N) is 3. The van der Waals surface area contributed by atoms with Crippen LogP contribution in [0, 0.1) is 11.8 Å². The van der Waals surface area contributed by atoms with Crippen molar-refractivity contribution >= 4 is 29.1 Å². The van der Waals surface area contributed by atoms with Gasteiger partial charge in [-0.2, -0.15) is 0 Å². The molecule has 0 spiro atoms. The number of carbonyl (C=O) groups is 2. The topological polar surface area (TPSA) is 82.7 Å². The Balaban J connectivity index is 1.34. The molecular formula is C19H23ClN4O3. The van der Waals surface area contributed by atoms with Gasteiger partial charge in [0, 0.05) is 30.3 Å². The number of anilines is 1. The molecule has 1 aromatic rings. The number of benzene rings is 1. The monoisotopic (exact) mass is 390 g/mol.